The molecule has 1 heterocycles. The largest absolute Gasteiger partial charge is 0.494 e. The number of fused-ring (bicyclic) bond motifs is 1. The Morgan fingerprint density at radius 3 is 2.52 bits per heavy atom. The second kappa shape index (κ2) is 5.75. The van der Waals surface area contributed by atoms with Crippen molar-refractivity contribution in [1.29, 1.82) is 0 Å². The number of pyridine rings is 1. The summed E-state index contributed by atoms with van der Waals surface area (Å²) in [4.78, 5) is 4.59. The molecular weight excluding hydrogens is 265 g/mol. The fraction of sp³-hybridized carbons (Fsp3) is 0.0556. The van der Waals surface area contributed by atoms with Gasteiger partial charge in [-0.3, -0.25) is 0 Å². The van der Waals surface area contributed by atoms with Gasteiger partial charge in [-0.25, -0.2) is 9.37 Å². The number of methoxy groups -OCH3 is 1. The number of nitrogens with zero attached hydrogens (tertiary/aromatic N) is 1. The summed E-state index contributed by atoms with van der Waals surface area (Å²) in [5.41, 5.74) is 2.59. The topological polar surface area (TPSA) is 22.1 Å². The zero-order valence-corrected chi connectivity index (χ0v) is 11.6. The van der Waals surface area contributed by atoms with Gasteiger partial charge in [-0.2, -0.15) is 0 Å². The Balaban J connectivity index is 1.95. The Labute approximate surface area is 122 Å². The molecular formula is C18H14FNO. The van der Waals surface area contributed by atoms with E-state index in [1.165, 1.54) is 12.1 Å². The lowest BCUT2D eigenvalue weighted by Crippen LogP contribution is -1.89. The van der Waals surface area contributed by atoms with Crippen molar-refractivity contribution >= 4 is 23.1 Å². The van der Waals surface area contributed by atoms with Crippen molar-refractivity contribution in [3.63, 3.8) is 0 Å². The first-order valence-electron chi connectivity index (χ1n) is 6.64. The molecule has 0 radical (unpaired) electrons. The van der Waals surface area contributed by atoms with E-state index in [4.69, 9.17) is 4.74 Å². The summed E-state index contributed by atoms with van der Waals surface area (Å²) >= 11 is 0. The van der Waals surface area contributed by atoms with Gasteiger partial charge in [0.2, 0.25) is 0 Å². The van der Waals surface area contributed by atoms with Gasteiger partial charge in [0.25, 0.3) is 0 Å². The highest BCUT2D eigenvalue weighted by Gasteiger charge is 2.02. The number of ether oxygens (including phenoxy) is 1. The van der Waals surface area contributed by atoms with Crippen molar-refractivity contribution in [1.82, 2.24) is 4.98 Å². The number of hydrogen-bond donors (Lipinski definition) is 0. The summed E-state index contributed by atoms with van der Waals surface area (Å²) < 4.78 is 18.2. The van der Waals surface area contributed by atoms with Gasteiger partial charge in [0.05, 0.1) is 12.8 Å². The molecule has 3 rings (SSSR count). The minimum absolute atomic E-state index is 0.235. The molecule has 0 fully saturated rings. The van der Waals surface area contributed by atoms with Crippen LogP contribution >= 0.6 is 0 Å². The fourth-order valence-electron chi connectivity index (χ4n) is 2.15. The van der Waals surface area contributed by atoms with Crippen molar-refractivity contribution in [2.45, 2.75) is 0 Å². The molecule has 1 aromatic heterocycles. The van der Waals surface area contributed by atoms with Crippen LogP contribution in [0.4, 0.5) is 4.39 Å². The fourth-order valence-corrected chi connectivity index (χ4v) is 2.15. The van der Waals surface area contributed by atoms with Gasteiger partial charge in [-0.15, -0.1) is 0 Å². The molecule has 3 aromatic rings. The predicted molar refractivity (Wildman–Crippen MR) is 83.6 cm³/mol. The highest BCUT2D eigenvalue weighted by Crippen LogP contribution is 2.24. The van der Waals surface area contributed by atoms with Crippen LogP contribution in [0, 0.1) is 5.82 Å². The molecule has 0 aliphatic carbocycles. The van der Waals surface area contributed by atoms with E-state index in [1.54, 1.807) is 19.2 Å². The average Bonchev–Trinajstić information content (AvgIpc) is 2.53. The van der Waals surface area contributed by atoms with Gasteiger partial charge >= 0.3 is 0 Å². The van der Waals surface area contributed by atoms with Crippen LogP contribution in [0.15, 0.2) is 54.6 Å². The summed E-state index contributed by atoms with van der Waals surface area (Å²) in [6.07, 6.45) is 3.81. The second-order valence-corrected chi connectivity index (χ2v) is 4.65. The number of rotatable bonds is 3. The summed E-state index contributed by atoms with van der Waals surface area (Å²) in [5, 5.41) is 1.04. The van der Waals surface area contributed by atoms with Crippen LogP contribution in [0.1, 0.15) is 11.3 Å². The Morgan fingerprint density at radius 2 is 1.76 bits per heavy atom. The van der Waals surface area contributed by atoms with Gasteiger partial charge in [0, 0.05) is 5.39 Å². The zero-order chi connectivity index (χ0) is 14.7. The molecule has 0 bridgehead atoms. The maximum atomic E-state index is 12.9. The molecule has 21 heavy (non-hydrogen) atoms. The van der Waals surface area contributed by atoms with Crippen molar-refractivity contribution < 1.29 is 9.13 Å². The van der Waals surface area contributed by atoms with Gasteiger partial charge in [0.15, 0.2) is 0 Å². The number of halogens is 1. The first kappa shape index (κ1) is 13.3. The molecule has 0 saturated carbocycles. The van der Waals surface area contributed by atoms with Gasteiger partial charge in [-0.05, 0) is 35.9 Å². The molecule has 2 aromatic carbocycles. The van der Waals surface area contributed by atoms with E-state index in [1.807, 2.05) is 42.5 Å². The maximum absolute atomic E-state index is 12.9. The molecule has 0 spiro atoms. The van der Waals surface area contributed by atoms with Crippen LogP contribution in [0.2, 0.25) is 0 Å². The van der Waals surface area contributed by atoms with E-state index >= 15 is 0 Å². The Morgan fingerprint density at radius 1 is 0.952 bits per heavy atom. The lowest BCUT2D eigenvalue weighted by Gasteiger charge is -2.05. The summed E-state index contributed by atoms with van der Waals surface area (Å²) in [7, 11) is 1.64. The minimum atomic E-state index is -0.235. The second-order valence-electron chi connectivity index (χ2n) is 4.65. The number of hydrogen-bond acceptors (Lipinski definition) is 2. The normalized spacial score (nSPS) is 11.1. The van der Waals surface area contributed by atoms with E-state index in [0.29, 0.717) is 0 Å². The Kier molecular flexibility index (Phi) is 3.65. The van der Waals surface area contributed by atoms with Crippen molar-refractivity contribution in [2.24, 2.45) is 0 Å². The third-order valence-electron chi connectivity index (χ3n) is 3.24. The van der Waals surface area contributed by atoms with Gasteiger partial charge in [-0.1, -0.05) is 36.4 Å². The summed E-state index contributed by atoms with van der Waals surface area (Å²) in [6.45, 7) is 0. The molecule has 0 saturated heterocycles. The lowest BCUT2D eigenvalue weighted by atomic mass is 10.1. The third kappa shape index (κ3) is 2.92. The first-order chi connectivity index (χ1) is 10.3. The van der Waals surface area contributed by atoms with E-state index < -0.39 is 0 Å². The average molecular weight is 279 g/mol. The van der Waals surface area contributed by atoms with E-state index in [2.05, 4.69) is 4.98 Å². The number of para-hydroxylation sites is 1. The molecule has 2 nitrogen and oxygen atoms in total. The van der Waals surface area contributed by atoms with Gasteiger partial charge < -0.3 is 4.74 Å². The molecule has 104 valence electrons. The third-order valence-corrected chi connectivity index (χ3v) is 3.24. The van der Waals surface area contributed by atoms with Crippen molar-refractivity contribution in [2.75, 3.05) is 7.11 Å². The summed E-state index contributed by atoms with van der Waals surface area (Å²) in [6, 6.07) is 16.1. The maximum Gasteiger partial charge on any atom is 0.145 e. The van der Waals surface area contributed by atoms with Gasteiger partial charge in [0.1, 0.15) is 17.1 Å². The SMILES string of the molecule is COc1cccc2ccc(/C=C/c3ccc(F)cc3)nc12. The molecule has 0 N–H and O–H groups in total. The highest BCUT2D eigenvalue weighted by atomic mass is 19.1. The van der Waals surface area contributed by atoms with Crippen molar-refractivity contribution in [3.8, 4) is 5.75 Å². The number of benzene rings is 2. The smallest absolute Gasteiger partial charge is 0.145 e. The standard InChI is InChI=1S/C18H14FNO/c1-21-17-4-2-3-14-8-12-16(20-18(14)17)11-7-13-5-9-15(19)10-6-13/h2-12H,1H3/b11-7+. The van der Waals surface area contributed by atoms with E-state index in [-0.39, 0.29) is 5.82 Å². The highest BCUT2D eigenvalue weighted by molar-refractivity contribution is 5.86. The Bertz CT molecular complexity index is 794. The van der Waals surface area contributed by atoms with Crippen LogP contribution in [0.3, 0.4) is 0 Å². The lowest BCUT2D eigenvalue weighted by molar-refractivity contribution is 0.419. The molecule has 0 atom stereocenters. The molecule has 0 amide bonds. The molecule has 0 aliphatic rings. The van der Waals surface area contributed by atoms with Crippen LogP contribution in [-0.2, 0) is 0 Å². The Hall–Kier alpha value is -2.68. The first-order valence-corrected chi connectivity index (χ1v) is 6.64. The minimum Gasteiger partial charge on any atom is -0.494 e. The molecule has 3 heteroatoms. The number of aromatic nitrogens is 1. The van der Waals surface area contributed by atoms with Crippen LogP contribution < -0.4 is 4.74 Å². The van der Waals surface area contributed by atoms with E-state index in [0.717, 1.165) is 27.9 Å². The van der Waals surface area contributed by atoms with Crippen LogP contribution in [0.25, 0.3) is 23.1 Å². The van der Waals surface area contributed by atoms with Crippen LogP contribution in [0.5, 0.6) is 5.75 Å². The zero-order valence-electron chi connectivity index (χ0n) is 11.6. The van der Waals surface area contributed by atoms with E-state index in [9.17, 15) is 4.39 Å². The van der Waals surface area contributed by atoms with Crippen LogP contribution in [-0.4, -0.2) is 12.1 Å². The summed E-state index contributed by atoms with van der Waals surface area (Å²) in [5.74, 6) is 0.519. The molecule has 0 unspecified atom stereocenters. The monoisotopic (exact) mass is 279 g/mol. The predicted octanol–water partition coefficient (Wildman–Crippen LogP) is 4.55. The molecule has 0 aliphatic heterocycles. The van der Waals surface area contributed by atoms with Crippen molar-refractivity contribution in [3.05, 3.63) is 71.7 Å². The quantitative estimate of drug-likeness (QED) is 0.701.